The van der Waals surface area contributed by atoms with E-state index in [1.54, 1.807) is 32.0 Å². The molecule has 11 heteroatoms. The third-order valence-corrected chi connectivity index (χ3v) is 11.1. The van der Waals surface area contributed by atoms with Gasteiger partial charge in [0.2, 0.25) is 20.0 Å². The van der Waals surface area contributed by atoms with Crippen LogP contribution in [0.2, 0.25) is 0 Å². The van der Waals surface area contributed by atoms with Crippen LogP contribution in [-0.4, -0.2) is 69.4 Å². The minimum absolute atomic E-state index is 0.0149. The lowest BCUT2D eigenvalue weighted by Gasteiger charge is -2.37. The van der Waals surface area contributed by atoms with E-state index in [4.69, 9.17) is 4.74 Å². The highest BCUT2D eigenvalue weighted by Crippen LogP contribution is 2.37. The van der Waals surface area contributed by atoms with Gasteiger partial charge in [0, 0.05) is 25.6 Å². The maximum absolute atomic E-state index is 13.7. The number of allylic oxidation sites excluding steroid dienone is 2. The summed E-state index contributed by atoms with van der Waals surface area (Å²) in [5.74, 6) is -0.799. The molecule has 2 aromatic carbocycles. The average Bonchev–Trinajstić information content (AvgIpc) is 2.90. The third kappa shape index (κ3) is 5.81. The maximum atomic E-state index is 13.7. The van der Waals surface area contributed by atoms with E-state index in [9.17, 15) is 26.3 Å². The number of ether oxygens (including phenoxy) is 1. The van der Waals surface area contributed by atoms with Gasteiger partial charge in [-0.1, -0.05) is 19.1 Å². The zero-order chi connectivity index (χ0) is 27.7. The zero-order valence-corrected chi connectivity index (χ0v) is 23.5. The second-order valence-corrected chi connectivity index (χ2v) is 14.0. The zero-order valence-electron chi connectivity index (χ0n) is 21.9. The predicted molar refractivity (Wildman–Crippen MR) is 143 cm³/mol. The first-order chi connectivity index (χ1) is 17.9. The number of rotatable bonds is 7. The Balaban J connectivity index is 1.74. The van der Waals surface area contributed by atoms with Gasteiger partial charge >= 0.3 is 0 Å². The van der Waals surface area contributed by atoms with Crippen molar-refractivity contribution in [3.63, 3.8) is 0 Å². The fraction of sp³-hybridized carbons (Fsp3) is 0.481. The Bertz CT molecular complexity index is 1390. The molecule has 0 saturated carbocycles. The highest BCUT2D eigenvalue weighted by Gasteiger charge is 2.39. The van der Waals surface area contributed by atoms with E-state index >= 15 is 0 Å². The fourth-order valence-electron chi connectivity index (χ4n) is 4.88. The maximum Gasteiger partial charge on any atom is 0.247 e. The Morgan fingerprint density at radius 3 is 2.53 bits per heavy atom. The van der Waals surface area contributed by atoms with E-state index < -0.39 is 43.9 Å². The number of fused-ring (bicyclic) bond motifs is 1. The number of benzene rings is 2. The van der Waals surface area contributed by atoms with Gasteiger partial charge in [-0.3, -0.25) is 0 Å². The molecule has 0 spiro atoms. The molecule has 0 unspecified atom stereocenters. The SMILES string of the molecule is C[C@H](CO)N1C[C@H](C)[C@@H](CN(C)S(=O)(=O)c2ccc(F)cc2)Oc2cc(C3=CCCCC3)ccc2S1(=O)=O. The highest BCUT2D eigenvalue weighted by atomic mass is 32.2. The summed E-state index contributed by atoms with van der Waals surface area (Å²) in [4.78, 5) is -0.0659. The summed E-state index contributed by atoms with van der Waals surface area (Å²) in [6.07, 6.45) is 5.47. The number of aliphatic hydroxyl groups is 1. The molecule has 0 bridgehead atoms. The van der Waals surface area contributed by atoms with Gasteiger partial charge in [-0.15, -0.1) is 0 Å². The van der Waals surface area contributed by atoms with Crippen LogP contribution in [0.25, 0.3) is 5.57 Å². The summed E-state index contributed by atoms with van der Waals surface area (Å²) >= 11 is 0. The van der Waals surface area contributed by atoms with Crippen LogP contribution in [-0.2, 0) is 20.0 Å². The molecule has 4 rings (SSSR count). The van der Waals surface area contributed by atoms with Crippen LogP contribution in [0, 0.1) is 11.7 Å². The quantitative estimate of drug-likeness (QED) is 0.546. The number of likely N-dealkylation sites (N-methyl/N-ethyl adjacent to an activating group) is 1. The molecular weight excluding hydrogens is 531 g/mol. The largest absolute Gasteiger partial charge is 0.487 e. The van der Waals surface area contributed by atoms with Gasteiger partial charge in [-0.25, -0.2) is 21.2 Å². The number of hydrogen-bond donors (Lipinski definition) is 1. The van der Waals surface area contributed by atoms with Crippen LogP contribution in [0.5, 0.6) is 5.75 Å². The number of aliphatic hydroxyl groups excluding tert-OH is 1. The van der Waals surface area contributed by atoms with Crippen LogP contribution < -0.4 is 4.74 Å². The number of halogens is 1. The molecule has 0 aromatic heterocycles. The van der Waals surface area contributed by atoms with E-state index in [1.165, 1.54) is 23.5 Å². The molecule has 208 valence electrons. The molecular formula is C27H35FN2O6S2. The second kappa shape index (κ2) is 11.4. The predicted octanol–water partition coefficient (Wildman–Crippen LogP) is 3.87. The van der Waals surface area contributed by atoms with Crippen molar-refractivity contribution in [3.05, 3.63) is 59.9 Å². The summed E-state index contributed by atoms with van der Waals surface area (Å²) in [6.45, 7) is 3.04. The van der Waals surface area contributed by atoms with Gasteiger partial charge in [0.25, 0.3) is 0 Å². The first kappa shape index (κ1) is 28.7. The lowest BCUT2D eigenvalue weighted by atomic mass is 9.93. The number of hydrogen-bond acceptors (Lipinski definition) is 6. The van der Waals surface area contributed by atoms with E-state index in [0.29, 0.717) is 0 Å². The summed E-state index contributed by atoms with van der Waals surface area (Å²) in [7, 11) is -6.53. The Labute approximate surface area is 224 Å². The van der Waals surface area contributed by atoms with Crippen LogP contribution in [0.4, 0.5) is 4.39 Å². The lowest BCUT2D eigenvalue weighted by molar-refractivity contribution is 0.0904. The summed E-state index contributed by atoms with van der Waals surface area (Å²) in [5.41, 5.74) is 2.00. The van der Waals surface area contributed by atoms with Crippen LogP contribution in [0.1, 0.15) is 45.1 Å². The minimum atomic E-state index is -4.00. The molecule has 8 nitrogen and oxygen atoms in total. The van der Waals surface area contributed by atoms with Crippen molar-refractivity contribution in [2.75, 3.05) is 26.7 Å². The van der Waals surface area contributed by atoms with Crippen molar-refractivity contribution < 1.29 is 31.1 Å². The van der Waals surface area contributed by atoms with Crippen molar-refractivity contribution in [1.82, 2.24) is 8.61 Å². The van der Waals surface area contributed by atoms with Crippen LogP contribution in [0.15, 0.2) is 58.3 Å². The van der Waals surface area contributed by atoms with E-state index in [-0.39, 0.29) is 35.2 Å². The second-order valence-electron chi connectivity index (χ2n) is 10.1. The normalized spacial score (nSPS) is 23.1. The Morgan fingerprint density at radius 2 is 1.89 bits per heavy atom. The summed E-state index contributed by atoms with van der Waals surface area (Å²) in [5, 5.41) is 9.83. The van der Waals surface area contributed by atoms with Crippen molar-refractivity contribution >= 4 is 25.6 Å². The number of sulfonamides is 2. The Morgan fingerprint density at radius 1 is 1.18 bits per heavy atom. The summed E-state index contributed by atoms with van der Waals surface area (Å²) < 4.78 is 75.9. The molecule has 0 radical (unpaired) electrons. The fourth-order valence-corrected chi connectivity index (χ4v) is 7.89. The van der Waals surface area contributed by atoms with Gasteiger partial charge in [0.05, 0.1) is 18.0 Å². The van der Waals surface area contributed by atoms with Crippen LogP contribution >= 0.6 is 0 Å². The van der Waals surface area contributed by atoms with Gasteiger partial charge < -0.3 is 9.84 Å². The first-order valence-corrected chi connectivity index (χ1v) is 15.7. The number of nitrogens with zero attached hydrogens (tertiary/aromatic N) is 2. The smallest absolute Gasteiger partial charge is 0.247 e. The van der Waals surface area contributed by atoms with Crippen molar-refractivity contribution in [3.8, 4) is 5.75 Å². The first-order valence-electron chi connectivity index (χ1n) is 12.8. The molecule has 0 amide bonds. The molecule has 0 saturated heterocycles. The molecule has 2 aliphatic rings. The third-order valence-electron chi connectivity index (χ3n) is 7.29. The average molecular weight is 567 g/mol. The van der Waals surface area contributed by atoms with Gasteiger partial charge in [-0.2, -0.15) is 8.61 Å². The van der Waals surface area contributed by atoms with Crippen LogP contribution in [0.3, 0.4) is 0 Å². The topological polar surface area (TPSA) is 104 Å². The molecule has 3 atom stereocenters. The molecule has 1 aliphatic heterocycles. The van der Waals surface area contributed by atoms with Crippen molar-refractivity contribution in [2.45, 2.75) is 61.5 Å². The van der Waals surface area contributed by atoms with Gasteiger partial charge in [0.1, 0.15) is 22.6 Å². The summed E-state index contributed by atoms with van der Waals surface area (Å²) in [6, 6.07) is 8.96. The molecule has 1 N–H and O–H groups in total. The molecule has 0 fully saturated rings. The molecule has 1 heterocycles. The standard InChI is InChI=1S/C27H35FN2O6S2/c1-19-16-30(20(2)18-31)38(34,35)27-14-9-22(21-7-5-4-6-8-21)15-25(27)36-26(19)17-29(3)37(32,33)24-12-10-23(28)11-13-24/h7,9-15,19-20,26,31H,4-6,8,16-18H2,1-3H3/t19-,20+,26+/m0/s1. The van der Waals surface area contributed by atoms with Crippen molar-refractivity contribution in [2.24, 2.45) is 5.92 Å². The molecule has 1 aliphatic carbocycles. The molecule has 2 aromatic rings. The minimum Gasteiger partial charge on any atom is -0.487 e. The lowest BCUT2D eigenvalue weighted by Crippen LogP contribution is -2.50. The monoisotopic (exact) mass is 566 g/mol. The Hall–Kier alpha value is -2.31. The van der Waals surface area contributed by atoms with Gasteiger partial charge in [-0.05, 0) is 80.1 Å². The van der Waals surface area contributed by atoms with Gasteiger partial charge in [0.15, 0.2) is 0 Å². The molecule has 38 heavy (non-hydrogen) atoms. The Kier molecular flexibility index (Phi) is 8.63. The highest BCUT2D eigenvalue weighted by molar-refractivity contribution is 7.89. The van der Waals surface area contributed by atoms with E-state index in [0.717, 1.165) is 53.3 Å². The van der Waals surface area contributed by atoms with E-state index in [1.807, 2.05) is 0 Å². The van der Waals surface area contributed by atoms with Crippen molar-refractivity contribution in [1.29, 1.82) is 0 Å². The van der Waals surface area contributed by atoms with E-state index in [2.05, 4.69) is 6.08 Å².